The van der Waals surface area contributed by atoms with Crippen LogP contribution in [0.2, 0.25) is 0 Å². The fourth-order valence-electron chi connectivity index (χ4n) is 1.08. The van der Waals surface area contributed by atoms with Gasteiger partial charge in [-0.15, -0.1) is 0 Å². The Balaban J connectivity index is 3.75. The Kier molecular flexibility index (Phi) is 5.51. The highest BCUT2D eigenvalue weighted by Gasteiger charge is 2.11. The van der Waals surface area contributed by atoms with Gasteiger partial charge in [-0.1, -0.05) is 6.92 Å². The summed E-state index contributed by atoms with van der Waals surface area (Å²) in [5.41, 5.74) is 0. The highest BCUT2D eigenvalue weighted by atomic mass is 15.2. The topological polar surface area (TPSA) is 6.48 Å². The van der Waals surface area contributed by atoms with Crippen molar-refractivity contribution < 1.29 is 0 Å². The maximum Gasteiger partial charge on any atom is 0.0191 e. The van der Waals surface area contributed by atoms with Crippen LogP contribution in [0.5, 0.6) is 0 Å². The van der Waals surface area contributed by atoms with E-state index in [1.165, 1.54) is 0 Å². The molecule has 1 unspecified atom stereocenters. The van der Waals surface area contributed by atoms with E-state index in [1.54, 1.807) is 0 Å². The Labute approximate surface area is 77.5 Å². The quantitative estimate of drug-likeness (QED) is 0.622. The van der Waals surface area contributed by atoms with Crippen LogP contribution in [0.1, 0.15) is 27.7 Å². The summed E-state index contributed by atoms with van der Waals surface area (Å²) in [4.78, 5) is 4.76. The van der Waals surface area contributed by atoms with E-state index in [0.29, 0.717) is 12.1 Å². The molecule has 0 aromatic heterocycles. The van der Waals surface area contributed by atoms with E-state index < -0.39 is 0 Å². The van der Waals surface area contributed by atoms with Crippen LogP contribution in [-0.2, 0) is 0 Å². The molecule has 74 valence electrons. The van der Waals surface area contributed by atoms with Crippen LogP contribution in [0.15, 0.2) is 0 Å². The molecule has 0 N–H and O–H groups in total. The number of nitrogens with zero attached hydrogens (tertiary/aromatic N) is 2. The molecule has 0 aliphatic heterocycles. The molecule has 2 nitrogen and oxygen atoms in total. The molecule has 0 aromatic rings. The molecule has 0 aliphatic rings. The number of rotatable bonds is 5. The minimum absolute atomic E-state index is 0.651. The molecule has 2 heteroatoms. The van der Waals surface area contributed by atoms with Crippen molar-refractivity contribution in [2.45, 2.75) is 39.8 Å². The lowest BCUT2D eigenvalue weighted by molar-refractivity contribution is 0.176. The first-order chi connectivity index (χ1) is 5.49. The third kappa shape index (κ3) is 4.07. The van der Waals surface area contributed by atoms with Crippen LogP contribution in [-0.4, -0.2) is 49.1 Å². The lowest BCUT2D eigenvalue weighted by Crippen LogP contribution is -2.41. The summed E-state index contributed by atoms with van der Waals surface area (Å²) in [6.07, 6.45) is 0. The predicted octanol–water partition coefficient (Wildman–Crippen LogP) is 1.67. The average Bonchev–Trinajstić information content (AvgIpc) is 2.02. The van der Waals surface area contributed by atoms with Crippen molar-refractivity contribution in [1.29, 1.82) is 0 Å². The molecule has 1 atom stereocenters. The Morgan fingerprint density at radius 2 is 1.50 bits per heavy atom. The Morgan fingerprint density at radius 1 is 1.00 bits per heavy atom. The normalized spacial score (nSPS) is 14.8. The Morgan fingerprint density at radius 3 is 1.83 bits per heavy atom. The van der Waals surface area contributed by atoms with Crippen molar-refractivity contribution >= 4 is 0 Å². The van der Waals surface area contributed by atoms with Gasteiger partial charge in [0, 0.05) is 18.6 Å². The molecule has 0 aromatic carbocycles. The molecule has 12 heavy (non-hydrogen) atoms. The van der Waals surface area contributed by atoms with E-state index in [2.05, 4.69) is 51.6 Å². The molecule has 0 saturated carbocycles. The second-order valence-electron chi connectivity index (χ2n) is 3.96. The van der Waals surface area contributed by atoms with Gasteiger partial charge in [-0.2, -0.15) is 0 Å². The van der Waals surface area contributed by atoms with Crippen LogP contribution in [0.25, 0.3) is 0 Å². The lowest BCUT2D eigenvalue weighted by atomic mass is 10.2. The summed E-state index contributed by atoms with van der Waals surface area (Å²) in [5, 5.41) is 0. The van der Waals surface area contributed by atoms with E-state index in [0.717, 1.165) is 13.1 Å². The van der Waals surface area contributed by atoms with Gasteiger partial charge in [0.1, 0.15) is 0 Å². The molecule has 0 bridgehead atoms. The van der Waals surface area contributed by atoms with Gasteiger partial charge in [-0.25, -0.2) is 0 Å². The monoisotopic (exact) mass is 172 g/mol. The first kappa shape index (κ1) is 11.9. The van der Waals surface area contributed by atoms with Crippen molar-refractivity contribution in [3.63, 3.8) is 0 Å². The first-order valence-electron chi connectivity index (χ1n) is 4.89. The molecule has 0 heterocycles. The number of likely N-dealkylation sites (N-methyl/N-ethyl adjacent to an activating group) is 2. The molecule has 0 fully saturated rings. The zero-order valence-corrected chi connectivity index (χ0v) is 9.46. The van der Waals surface area contributed by atoms with Crippen molar-refractivity contribution in [2.75, 3.05) is 27.2 Å². The van der Waals surface area contributed by atoms with Crippen LogP contribution >= 0.6 is 0 Å². The molecule has 0 rings (SSSR count). The molecular formula is C10H24N2. The second-order valence-corrected chi connectivity index (χ2v) is 3.96. The third-order valence-corrected chi connectivity index (χ3v) is 2.69. The van der Waals surface area contributed by atoms with Gasteiger partial charge in [0.25, 0.3) is 0 Å². The standard InChI is InChI=1S/C10H24N2/c1-7-11(5)10(4)8-12(6)9(2)3/h9-10H,7-8H2,1-6H3. The van der Waals surface area contributed by atoms with Crippen molar-refractivity contribution in [3.05, 3.63) is 0 Å². The highest BCUT2D eigenvalue weighted by molar-refractivity contribution is 4.68. The molecule has 0 saturated heterocycles. The highest BCUT2D eigenvalue weighted by Crippen LogP contribution is 2.00. The second kappa shape index (κ2) is 5.55. The smallest absolute Gasteiger partial charge is 0.0191 e. The molecule has 0 amide bonds. The molecule has 0 aliphatic carbocycles. The minimum Gasteiger partial charge on any atom is -0.303 e. The van der Waals surface area contributed by atoms with Gasteiger partial charge in [0.15, 0.2) is 0 Å². The zero-order chi connectivity index (χ0) is 9.72. The van der Waals surface area contributed by atoms with Crippen LogP contribution < -0.4 is 0 Å². The minimum atomic E-state index is 0.651. The predicted molar refractivity (Wildman–Crippen MR) is 55.5 cm³/mol. The van der Waals surface area contributed by atoms with E-state index in [9.17, 15) is 0 Å². The average molecular weight is 172 g/mol. The number of hydrogen-bond acceptors (Lipinski definition) is 2. The van der Waals surface area contributed by atoms with Gasteiger partial charge >= 0.3 is 0 Å². The SMILES string of the molecule is CCN(C)C(C)CN(C)C(C)C. The maximum atomic E-state index is 2.39. The van der Waals surface area contributed by atoms with Crippen molar-refractivity contribution in [3.8, 4) is 0 Å². The fraction of sp³-hybridized carbons (Fsp3) is 1.00. The van der Waals surface area contributed by atoms with Gasteiger partial charge in [0.2, 0.25) is 0 Å². The Bertz CT molecular complexity index is 112. The largest absolute Gasteiger partial charge is 0.303 e. The summed E-state index contributed by atoms with van der Waals surface area (Å²) in [5.74, 6) is 0. The van der Waals surface area contributed by atoms with Gasteiger partial charge < -0.3 is 9.80 Å². The van der Waals surface area contributed by atoms with Gasteiger partial charge in [0.05, 0.1) is 0 Å². The van der Waals surface area contributed by atoms with Crippen molar-refractivity contribution in [1.82, 2.24) is 9.80 Å². The molecular weight excluding hydrogens is 148 g/mol. The summed E-state index contributed by atoms with van der Waals surface area (Å²) < 4.78 is 0. The Hall–Kier alpha value is -0.0800. The summed E-state index contributed by atoms with van der Waals surface area (Å²) in [6, 6.07) is 1.31. The lowest BCUT2D eigenvalue weighted by Gasteiger charge is -2.30. The van der Waals surface area contributed by atoms with Gasteiger partial charge in [-0.05, 0) is 41.4 Å². The summed E-state index contributed by atoms with van der Waals surface area (Å²) >= 11 is 0. The van der Waals surface area contributed by atoms with Crippen LogP contribution in [0.3, 0.4) is 0 Å². The maximum absolute atomic E-state index is 2.39. The first-order valence-corrected chi connectivity index (χ1v) is 4.89. The third-order valence-electron chi connectivity index (χ3n) is 2.69. The molecule has 0 radical (unpaired) electrons. The summed E-state index contributed by atoms with van der Waals surface area (Å²) in [6.45, 7) is 11.2. The van der Waals surface area contributed by atoms with Gasteiger partial charge in [-0.3, -0.25) is 0 Å². The number of hydrogen-bond donors (Lipinski definition) is 0. The van der Waals surface area contributed by atoms with E-state index in [-0.39, 0.29) is 0 Å². The van der Waals surface area contributed by atoms with E-state index in [4.69, 9.17) is 0 Å². The van der Waals surface area contributed by atoms with Crippen LogP contribution in [0.4, 0.5) is 0 Å². The van der Waals surface area contributed by atoms with E-state index >= 15 is 0 Å². The van der Waals surface area contributed by atoms with Crippen molar-refractivity contribution in [2.24, 2.45) is 0 Å². The summed E-state index contributed by atoms with van der Waals surface area (Å²) in [7, 11) is 4.36. The molecule has 0 spiro atoms. The van der Waals surface area contributed by atoms with Crippen LogP contribution in [0, 0.1) is 0 Å². The zero-order valence-electron chi connectivity index (χ0n) is 9.46. The fourth-order valence-corrected chi connectivity index (χ4v) is 1.08. The van der Waals surface area contributed by atoms with E-state index in [1.807, 2.05) is 0 Å².